The molecule has 1 rings (SSSR count). The van der Waals surface area contributed by atoms with Gasteiger partial charge in [0.25, 0.3) is 5.56 Å². The molecule has 0 radical (unpaired) electrons. The van der Waals surface area contributed by atoms with E-state index in [1.54, 1.807) is 19.2 Å². The predicted molar refractivity (Wildman–Crippen MR) is 52.2 cm³/mol. The van der Waals surface area contributed by atoms with Crippen LogP contribution in [-0.2, 0) is 9.53 Å². The maximum Gasteiger partial charge on any atom is 0.328 e. The number of carbonyl (C=O) groups is 1. The van der Waals surface area contributed by atoms with Gasteiger partial charge in [0, 0.05) is 12.3 Å². The molecule has 0 aliphatic heterocycles. The molecule has 0 amide bonds. The number of esters is 1. The van der Waals surface area contributed by atoms with E-state index in [1.807, 2.05) is 6.92 Å². The van der Waals surface area contributed by atoms with Crippen molar-refractivity contribution in [3.05, 3.63) is 34.2 Å². The number of aryl methyl sites for hydroxylation is 1. The number of nitrogens with zero attached hydrogens (tertiary/aromatic N) is 1. The Morgan fingerprint density at radius 1 is 1.57 bits per heavy atom. The minimum Gasteiger partial charge on any atom is -0.467 e. The van der Waals surface area contributed by atoms with Crippen molar-refractivity contribution in [2.45, 2.75) is 19.9 Å². The first-order chi connectivity index (χ1) is 6.56. The summed E-state index contributed by atoms with van der Waals surface area (Å²) >= 11 is 0. The van der Waals surface area contributed by atoms with E-state index < -0.39 is 12.0 Å². The van der Waals surface area contributed by atoms with E-state index in [0.29, 0.717) is 0 Å². The van der Waals surface area contributed by atoms with Crippen molar-refractivity contribution >= 4 is 5.97 Å². The third kappa shape index (κ3) is 2.02. The third-order valence-corrected chi connectivity index (χ3v) is 2.06. The van der Waals surface area contributed by atoms with Crippen LogP contribution in [0.1, 0.15) is 18.5 Å². The molecule has 1 heterocycles. The van der Waals surface area contributed by atoms with Crippen LogP contribution in [0.3, 0.4) is 0 Å². The van der Waals surface area contributed by atoms with Gasteiger partial charge in [0.05, 0.1) is 7.11 Å². The summed E-state index contributed by atoms with van der Waals surface area (Å²) in [5, 5.41) is 0. The van der Waals surface area contributed by atoms with Crippen molar-refractivity contribution in [1.82, 2.24) is 4.57 Å². The van der Waals surface area contributed by atoms with Crippen LogP contribution < -0.4 is 5.56 Å². The molecular formula is C10H13NO3. The van der Waals surface area contributed by atoms with Gasteiger partial charge in [-0.25, -0.2) is 4.79 Å². The lowest BCUT2D eigenvalue weighted by Crippen LogP contribution is -2.27. The SMILES string of the molecule is COC(=O)C(C)n1ccc(C)cc1=O. The Kier molecular flexibility index (Phi) is 3.06. The molecule has 0 aliphatic carbocycles. The van der Waals surface area contributed by atoms with Crippen LogP contribution in [-0.4, -0.2) is 17.6 Å². The van der Waals surface area contributed by atoms with E-state index in [1.165, 1.54) is 17.7 Å². The monoisotopic (exact) mass is 195 g/mol. The van der Waals surface area contributed by atoms with Crippen molar-refractivity contribution in [2.75, 3.05) is 7.11 Å². The number of hydrogen-bond donors (Lipinski definition) is 0. The molecule has 0 N–H and O–H groups in total. The Hall–Kier alpha value is -1.58. The number of aromatic nitrogens is 1. The third-order valence-electron chi connectivity index (χ3n) is 2.06. The molecule has 0 saturated carbocycles. The molecule has 14 heavy (non-hydrogen) atoms. The molecule has 0 fully saturated rings. The average Bonchev–Trinajstić information content (AvgIpc) is 2.15. The van der Waals surface area contributed by atoms with Crippen LogP contribution in [0.4, 0.5) is 0 Å². The zero-order valence-electron chi connectivity index (χ0n) is 8.48. The lowest BCUT2D eigenvalue weighted by molar-refractivity contribution is -0.144. The fraction of sp³-hybridized carbons (Fsp3) is 0.400. The van der Waals surface area contributed by atoms with Gasteiger partial charge < -0.3 is 9.30 Å². The van der Waals surface area contributed by atoms with Gasteiger partial charge in [-0.1, -0.05) is 0 Å². The largest absolute Gasteiger partial charge is 0.467 e. The van der Waals surface area contributed by atoms with Crippen LogP contribution in [0.2, 0.25) is 0 Å². The number of methoxy groups -OCH3 is 1. The normalized spacial score (nSPS) is 12.2. The Bertz CT molecular complexity index is 395. The van der Waals surface area contributed by atoms with E-state index in [4.69, 9.17) is 0 Å². The van der Waals surface area contributed by atoms with Crippen LogP contribution in [0, 0.1) is 6.92 Å². The first-order valence-electron chi connectivity index (χ1n) is 4.33. The fourth-order valence-electron chi connectivity index (χ4n) is 1.19. The van der Waals surface area contributed by atoms with Gasteiger partial charge >= 0.3 is 5.97 Å². The quantitative estimate of drug-likeness (QED) is 0.658. The number of carbonyl (C=O) groups excluding carboxylic acids is 1. The Morgan fingerprint density at radius 3 is 2.71 bits per heavy atom. The van der Waals surface area contributed by atoms with Crippen molar-refractivity contribution in [2.24, 2.45) is 0 Å². The number of pyridine rings is 1. The second kappa shape index (κ2) is 4.09. The van der Waals surface area contributed by atoms with Crippen molar-refractivity contribution in [3.63, 3.8) is 0 Å². The first kappa shape index (κ1) is 10.5. The summed E-state index contributed by atoms with van der Waals surface area (Å²) in [5.74, 6) is -0.420. The first-order valence-corrected chi connectivity index (χ1v) is 4.33. The molecule has 0 bridgehead atoms. The average molecular weight is 195 g/mol. The topological polar surface area (TPSA) is 48.3 Å². The van der Waals surface area contributed by atoms with Crippen LogP contribution in [0.5, 0.6) is 0 Å². The van der Waals surface area contributed by atoms with E-state index in [-0.39, 0.29) is 5.56 Å². The summed E-state index contributed by atoms with van der Waals surface area (Å²) in [7, 11) is 1.30. The van der Waals surface area contributed by atoms with Crippen LogP contribution in [0.15, 0.2) is 23.1 Å². The Morgan fingerprint density at radius 2 is 2.21 bits per heavy atom. The second-order valence-electron chi connectivity index (χ2n) is 3.15. The summed E-state index contributed by atoms with van der Waals surface area (Å²) in [6.07, 6.45) is 1.60. The zero-order valence-corrected chi connectivity index (χ0v) is 8.48. The van der Waals surface area contributed by atoms with Crippen molar-refractivity contribution < 1.29 is 9.53 Å². The summed E-state index contributed by atoms with van der Waals surface area (Å²) < 4.78 is 5.90. The van der Waals surface area contributed by atoms with Gasteiger partial charge in [-0.2, -0.15) is 0 Å². The summed E-state index contributed by atoms with van der Waals surface area (Å²) in [6, 6.07) is 2.69. The molecule has 1 aromatic rings. The van der Waals surface area contributed by atoms with Gasteiger partial charge in [0.1, 0.15) is 6.04 Å². The smallest absolute Gasteiger partial charge is 0.328 e. The molecule has 76 valence electrons. The minimum absolute atomic E-state index is 0.192. The molecule has 4 heteroatoms. The summed E-state index contributed by atoms with van der Waals surface area (Å²) in [6.45, 7) is 3.46. The highest BCUT2D eigenvalue weighted by molar-refractivity contribution is 5.73. The summed E-state index contributed by atoms with van der Waals surface area (Å²) in [5.41, 5.74) is 0.686. The molecule has 0 saturated heterocycles. The summed E-state index contributed by atoms with van der Waals surface area (Å²) in [4.78, 5) is 22.6. The molecule has 0 spiro atoms. The predicted octanol–water partition coefficient (Wildman–Crippen LogP) is 0.891. The van der Waals surface area contributed by atoms with Crippen molar-refractivity contribution in [1.29, 1.82) is 0 Å². The van der Waals surface area contributed by atoms with Gasteiger partial charge in [-0.05, 0) is 25.5 Å². The lowest BCUT2D eigenvalue weighted by atomic mass is 10.2. The van der Waals surface area contributed by atoms with Crippen LogP contribution >= 0.6 is 0 Å². The standard InChI is InChI=1S/C10H13NO3/c1-7-4-5-11(9(12)6-7)8(2)10(13)14-3/h4-6,8H,1-3H3. The van der Waals surface area contributed by atoms with E-state index in [9.17, 15) is 9.59 Å². The van der Waals surface area contributed by atoms with Crippen molar-refractivity contribution in [3.8, 4) is 0 Å². The zero-order chi connectivity index (χ0) is 10.7. The minimum atomic E-state index is -0.576. The highest BCUT2D eigenvalue weighted by atomic mass is 16.5. The molecule has 4 nitrogen and oxygen atoms in total. The molecule has 1 unspecified atom stereocenters. The second-order valence-corrected chi connectivity index (χ2v) is 3.15. The number of hydrogen-bond acceptors (Lipinski definition) is 3. The van der Waals surface area contributed by atoms with Gasteiger partial charge in [-0.3, -0.25) is 4.79 Å². The van der Waals surface area contributed by atoms with Gasteiger partial charge in [0.15, 0.2) is 0 Å². The van der Waals surface area contributed by atoms with E-state index in [0.717, 1.165) is 5.56 Å². The molecule has 0 aromatic carbocycles. The Labute approximate surface area is 82.1 Å². The van der Waals surface area contributed by atoms with E-state index in [2.05, 4.69) is 4.74 Å². The molecular weight excluding hydrogens is 182 g/mol. The fourth-order valence-corrected chi connectivity index (χ4v) is 1.19. The lowest BCUT2D eigenvalue weighted by Gasteiger charge is -2.12. The molecule has 0 aliphatic rings. The number of ether oxygens (including phenoxy) is 1. The highest BCUT2D eigenvalue weighted by Gasteiger charge is 2.15. The van der Waals surface area contributed by atoms with Gasteiger partial charge in [-0.15, -0.1) is 0 Å². The highest BCUT2D eigenvalue weighted by Crippen LogP contribution is 2.04. The van der Waals surface area contributed by atoms with Gasteiger partial charge in [0.2, 0.25) is 0 Å². The number of rotatable bonds is 2. The molecule has 1 aromatic heterocycles. The molecule has 1 atom stereocenters. The van der Waals surface area contributed by atoms with E-state index >= 15 is 0 Å². The Balaban J connectivity index is 3.08. The maximum absolute atomic E-state index is 11.5. The maximum atomic E-state index is 11.5. The van der Waals surface area contributed by atoms with Crippen LogP contribution in [0.25, 0.3) is 0 Å².